The van der Waals surface area contributed by atoms with E-state index in [-0.39, 0.29) is 0 Å². The molecule has 0 bridgehead atoms. The molecular weight excluding hydrogens is 372 g/mol. The Morgan fingerprint density at radius 1 is 1.00 bits per heavy atom. The van der Waals surface area contributed by atoms with Gasteiger partial charge in [0.25, 0.3) is 0 Å². The van der Waals surface area contributed by atoms with Gasteiger partial charge in [-0.25, -0.2) is 4.98 Å². The minimum Gasteiger partial charge on any atom is -0.369 e. The Morgan fingerprint density at radius 2 is 1.77 bits per heavy atom. The first-order valence-corrected chi connectivity index (χ1v) is 11.8. The summed E-state index contributed by atoms with van der Waals surface area (Å²) in [7, 11) is 1.99. The summed E-state index contributed by atoms with van der Waals surface area (Å²) >= 11 is 0. The van der Waals surface area contributed by atoms with Crippen LogP contribution in [-0.2, 0) is 7.05 Å². The van der Waals surface area contributed by atoms with Crippen LogP contribution in [0.4, 0.5) is 5.82 Å². The number of rotatable bonds is 4. The van der Waals surface area contributed by atoms with Crippen LogP contribution in [0.5, 0.6) is 0 Å². The summed E-state index contributed by atoms with van der Waals surface area (Å²) in [6, 6.07) is 3.90. The van der Waals surface area contributed by atoms with E-state index in [0.29, 0.717) is 17.9 Å². The van der Waals surface area contributed by atoms with E-state index in [1.54, 1.807) is 0 Å². The number of aryl methyl sites for hydroxylation is 1. The number of anilines is 1. The standard InChI is InChI=1S/C24H36N6/c1-17(2)29-8-10-30(11-9-29)21-6-4-18(5-7-21)19-12-22-23(15-26-24(22)25-13-19)20-14-27-28(3)16-20/h12-14,16-18,21,23H,4-11,15H2,1-3H3,(H,25,26)/t18-,21+,23?. The Morgan fingerprint density at radius 3 is 2.43 bits per heavy atom. The molecule has 2 fully saturated rings. The average molecular weight is 409 g/mol. The van der Waals surface area contributed by atoms with Crippen molar-refractivity contribution in [3.63, 3.8) is 0 Å². The number of fused-ring (bicyclic) bond motifs is 1. The van der Waals surface area contributed by atoms with Gasteiger partial charge < -0.3 is 5.32 Å². The molecule has 1 atom stereocenters. The van der Waals surface area contributed by atoms with Crippen molar-refractivity contribution >= 4 is 5.82 Å². The molecule has 162 valence electrons. The van der Waals surface area contributed by atoms with Gasteiger partial charge in [0.2, 0.25) is 0 Å². The summed E-state index contributed by atoms with van der Waals surface area (Å²) in [5.74, 6) is 2.09. The largest absolute Gasteiger partial charge is 0.369 e. The fourth-order valence-electron chi connectivity index (χ4n) is 5.75. The number of pyridine rings is 1. The molecule has 1 N–H and O–H groups in total. The number of hydrogen-bond donors (Lipinski definition) is 1. The number of hydrogen-bond acceptors (Lipinski definition) is 5. The molecule has 1 saturated carbocycles. The van der Waals surface area contributed by atoms with Gasteiger partial charge >= 0.3 is 0 Å². The van der Waals surface area contributed by atoms with E-state index in [2.05, 4.69) is 52.5 Å². The molecule has 0 spiro atoms. The minimum absolute atomic E-state index is 0.370. The van der Waals surface area contributed by atoms with Crippen LogP contribution in [0.3, 0.4) is 0 Å². The van der Waals surface area contributed by atoms with Gasteiger partial charge in [0, 0.05) is 75.7 Å². The maximum Gasteiger partial charge on any atom is 0.129 e. The first-order chi connectivity index (χ1) is 14.6. The lowest BCUT2D eigenvalue weighted by Crippen LogP contribution is -2.52. The maximum absolute atomic E-state index is 4.80. The molecule has 1 saturated heterocycles. The van der Waals surface area contributed by atoms with Crippen LogP contribution in [-0.4, -0.2) is 69.4 Å². The zero-order valence-electron chi connectivity index (χ0n) is 18.7. The lowest BCUT2D eigenvalue weighted by atomic mass is 9.80. The van der Waals surface area contributed by atoms with Crippen LogP contribution in [0.2, 0.25) is 0 Å². The van der Waals surface area contributed by atoms with Gasteiger partial charge in [-0.3, -0.25) is 14.5 Å². The second-order valence-corrected chi connectivity index (χ2v) is 9.76. The van der Waals surface area contributed by atoms with Crippen LogP contribution >= 0.6 is 0 Å². The number of aromatic nitrogens is 3. The topological polar surface area (TPSA) is 49.2 Å². The number of piperazine rings is 1. The molecule has 4 heterocycles. The lowest BCUT2D eigenvalue weighted by Gasteiger charge is -2.43. The number of nitrogens with zero attached hydrogens (tertiary/aromatic N) is 5. The molecule has 3 aliphatic rings. The van der Waals surface area contributed by atoms with Crippen LogP contribution in [0.15, 0.2) is 24.7 Å². The molecule has 2 aromatic heterocycles. The van der Waals surface area contributed by atoms with Crippen molar-refractivity contribution in [3.8, 4) is 0 Å². The third-order valence-electron chi connectivity index (χ3n) is 7.68. The van der Waals surface area contributed by atoms with E-state index in [0.717, 1.165) is 18.4 Å². The van der Waals surface area contributed by atoms with Gasteiger partial charge in [0.1, 0.15) is 5.82 Å². The maximum atomic E-state index is 4.80. The number of nitrogens with one attached hydrogen (secondary N) is 1. The molecule has 0 aromatic carbocycles. The molecule has 0 radical (unpaired) electrons. The predicted molar refractivity (Wildman–Crippen MR) is 121 cm³/mol. The van der Waals surface area contributed by atoms with Gasteiger partial charge in [-0.1, -0.05) is 0 Å². The van der Waals surface area contributed by atoms with Crippen LogP contribution in [0, 0.1) is 0 Å². The molecular formula is C24H36N6. The van der Waals surface area contributed by atoms with E-state index >= 15 is 0 Å². The predicted octanol–water partition coefficient (Wildman–Crippen LogP) is 3.42. The summed E-state index contributed by atoms with van der Waals surface area (Å²) < 4.78 is 1.90. The summed E-state index contributed by atoms with van der Waals surface area (Å²) in [6.45, 7) is 10.5. The first-order valence-electron chi connectivity index (χ1n) is 11.8. The monoisotopic (exact) mass is 408 g/mol. The second-order valence-electron chi connectivity index (χ2n) is 9.76. The summed E-state index contributed by atoms with van der Waals surface area (Å²) in [4.78, 5) is 10.2. The fraction of sp³-hybridized carbons (Fsp3) is 0.667. The van der Waals surface area contributed by atoms with Crippen molar-refractivity contribution in [1.82, 2.24) is 24.6 Å². The van der Waals surface area contributed by atoms with Gasteiger partial charge in [-0.2, -0.15) is 5.10 Å². The van der Waals surface area contributed by atoms with Gasteiger partial charge in [-0.15, -0.1) is 0 Å². The highest BCUT2D eigenvalue weighted by atomic mass is 15.3. The van der Waals surface area contributed by atoms with Gasteiger partial charge in [0.15, 0.2) is 0 Å². The normalized spacial score (nSPS) is 27.9. The Kier molecular flexibility index (Phi) is 5.54. The van der Waals surface area contributed by atoms with Gasteiger partial charge in [-0.05, 0) is 62.6 Å². The van der Waals surface area contributed by atoms with E-state index in [4.69, 9.17) is 4.98 Å². The highest BCUT2D eigenvalue weighted by Gasteiger charge is 2.31. The van der Waals surface area contributed by atoms with E-state index in [9.17, 15) is 0 Å². The quantitative estimate of drug-likeness (QED) is 0.840. The van der Waals surface area contributed by atoms with Crippen molar-refractivity contribution in [1.29, 1.82) is 0 Å². The van der Waals surface area contributed by atoms with Crippen molar-refractivity contribution in [2.24, 2.45) is 7.05 Å². The van der Waals surface area contributed by atoms with Crippen molar-refractivity contribution < 1.29 is 0 Å². The average Bonchev–Trinajstić information content (AvgIpc) is 3.39. The van der Waals surface area contributed by atoms with Crippen molar-refractivity contribution in [2.45, 2.75) is 63.5 Å². The molecule has 6 heteroatoms. The Balaban J connectivity index is 1.22. The molecule has 6 nitrogen and oxygen atoms in total. The molecule has 30 heavy (non-hydrogen) atoms. The summed E-state index contributed by atoms with van der Waals surface area (Å²) in [6.07, 6.45) is 11.5. The summed E-state index contributed by atoms with van der Waals surface area (Å²) in [5, 5.41) is 7.86. The van der Waals surface area contributed by atoms with Gasteiger partial charge in [0.05, 0.1) is 6.20 Å². The smallest absolute Gasteiger partial charge is 0.129 e. The molecule has 2 aliphatic heterocycles. The lowest BCUT2D eigenvalue weighted by molar-refractivity contribution is 0.0620. The first kappa shape index (κ1) is 20.0. The van der Waals surface area contributed by atoms with Crippen LogP contribution < -0.4 is 5.32 Å². The van der Waals surface area contributed by atoms with Crippen LogP contribution in [0.25, 0.3) is 0 Å². The Labute approximate surface area is 180 Å². The van der Waals surface area contributed by atoms with E-state index in [1.807, 2.05) is 17.9 Å². The molecule has 0 amide bonds. The zero-order chi connectivity index (χ0) is 20.7. The van der Waals surface area contributed by atoms with E-state index in [1.165, 1.54) is 68.6 Å². The summed E-state index contributed by atoms with van der Waals surface area (Å²) in [5.41, 5.74) is 4.08. The Hall–Kier alpha value is -1.92. The molecule has 1 aliphatic carbocycles. The minimum atomic E-state index is 0.370. The second kappa shape index (κ2) is 8.31. The van der Waals surface area contributed by atoms with Crippen molar-refractivity contribution in [3.05, 3.63) is 41.3 Å². The third kappa shape index (κ3) is 3.87. The SMILES string of the molecule is CC(C)N1CCN([C@H]2CC[C@@H](c3cnc4c(c3)C(c3cnn(C)c3)CN4)CC2)CC1. The van der Waals surface area contributed by atoms with Crippen LogP contribution in [0.1, 0.15) is 68.1 Å². The molecule has 2 aromatic rings. The zero-order valence-corrected chi connectivity index (χ0v) is 18.7. The molecule has 5 rings (SSSR count). The molecule has 1 unspecified atom stereocenters. The van der Waals surface area contributed by atoms with E-state index < -0.39 is 0 Å². The highest BCUT2D eigenvalue weighted by molar-refractivity contribution is 5.56. The fourth-order valence-corrected chi connectivity index (χ4v) is 5.75. The van der Waals surface area contributed by atoms with Crippen molar-refractivity contribution in [2.75, 3.05) is 38.0 Å². The third-order valence-corrected chi connectivity index (χ3v) is 7.68. The highest BCUT2D eigenvalue weighted by Crippen LogP contribution is 2.40. The Bertz CT molecular complexity index is 858.